The normalized spacial score (nSPS) is 18.6. The van der Waals surface area contributed by atoms with E-state index in [0.717, 1.165) is 38.8 Å². The van der Waals surface area contributed by atoms with Gasteiger partial charge in [0.1, 0.15) is 0 Å². The first-order chi connectivity index (χ1) is 16.9. The van der Waals surface area contributed by atoms with Gasteiger partial charge in [0.05, 0.1) is 0 Å². The summed E-state index contributed by atoms with van der Waals surface area (Å²) in [5.74, 6) is 0.301. The summed E-state index contributed by atoms with van der Waals surface area (Å²) in [5.41, 5.74) is 0.391. The third-order valence-electron chi connectivity index (χ3n) is 6.73. The minimum atomic E-state index is -2.95. The highest BCUT2D eigenvalue weighted by Gasteiger charge is 2.24. The van der Waals surface area contributed by atoms with E-state index in [0.29, 0.717) is 35.6 Å². The lowest BCUT2D eigenvalue weighted by molar-refractivity contribution is 0.252. The Morgan fingerprint density at radius 2 is 1.77 bits per heavy atom. The number of piperidine rings is 1. The summed E-state index contributed by atoms with van der Waals surface area (Å²) in [6, 6.07) is 4.64. The average molecular weight is 507 g/mol. The number of hydrogen-bond donors (Lipinski definition) is 3. The first-order valence-electron chi connectivity index (χ1n) is 12.2. The van der Waals surface area contributed by atoms with Crippen LogP contribution in [0.3, 0.4) is 0 Å². The summed E-state index contributed by atoms with van der Waals surface area (Å²) in [6.07, 6.45) is 9.07. The SMILES string of the molecule is CN1CCC(N(C)c2nc(Nc3ccc(O[P+](=O)O)c(F)c3)nc(NC3CCCCCC3)n2)CC1. The molecule has 1 aromatic heterocycles. The van der Waals surface area contributed by atoms with Gasteiger partial charge in [-0.25, -0.2) is 8.91 Å². The van der Waals surface area contributed by atoms with E-state index in [-0.39, 0.29) is 5.75 Å². The van der Waals surface area contributed by atoms with Crippen molar-refractivity contribution >= 4 is 31.8 Å². The first-order valence-corrected chi connectivity index (χ1v) is 13.3. The summed E-state index contributed by atoms with van der Waals surface area (Å²) in [6.45, 7) is 2.04. The summed E-state index contributed by atoms with van der Waals surface area (Å²) in [7, 11) is 1.19. The quantitative estimate of drug-likeness (QED) is 0.350. The zero-order valence-corrected chi connectivity index (χ0v) is 21.2. The van der Waals surface area contributed by atoms with E-state index in [1.807, 2.05) is 7.05 Å². The zero-order chi connectivity index (χ0) is 24.8. The van der Waals surface area contributed by atoms with Crippen LogP contribution in [0.15, 0.2) is 18.2 Å². The van der Waals surface area contributed by atoms with Gasteiger partial charge < -0.3 is 20.4 Å². The number of hydrogen-bond acceptors (Lipinski definition) is 9. The molecule has 1 atom stereocenters. The average Bonchev–Trinajstić information content (AvgIpc) is 3.09. The molecule has 35 heavy (non-hydrogen) atoms. The minimum absolute atomic E-state index is 0.298. The number of halogens is 1. The Bertz CT molecular complexity index is 1010. The van der Waals surface area contributed by atoms with Crippen LogP contribution >= 0.6 is 8.25 Å². The van der Waals surface area contributed by atoms with Crippen LogP contribution in [0, 0.1) is 5.82 Å². The molecule has 1 aromatic carbocycles. The highest BCUT2D eigenvalue weighted by atomic mass is 31.1. The van der Waals surface area contributed by atoms with Gasteiger partial charge >= 0.3 is 8.25 Å². The largest absolute Gasteiger partial charge is 0.747 e. The Labute approximate surface area is 206 Å². The molecule has 4 rings (SSSR count). The van der Waals surface area contributed by atoms with E-state index in [2.05, 4.69) is 42.0 Å². The Morgan fingerprint density at radius 1 is 1.09 bits per heavy atom. The molecule has 3 N–H and O–H groups in total. The summed E-state index contributed by atoms with van der Waals surface area (Å²) < 4.78 is 29.8. The second-order valence-electron chi connectivity index (χ2n) is 9.36. The van der Waals surface area contributed by atoms with Crippen molar-refractivity contribution in [3.8, 4) is 5.75 Å². The maximum atomic E-state index is 14.3. The fraction of sp³-hybridized carbons (Fsp3) is 0.609. The molecule has 1 aliphatic heterocycles. The standard InChI is InChI=1S/C23H33FN7O3P/c1-30-13-11-18(12-14-30)31(2)23-28-21(25-16-7-5-3-4-6-8-16)27-22(29-23)26-17-9-10-20(19(24)15-17)34-35(32)33/h9-10,15-16,18H,3-8,11-14H2,1-2H3,(H2-,25,26,27,28,29,32,33)/p+1. The molecule has 190 valence electrons. The molecule has 1 saturated carbocycles. The molecule has 2 heterocycles. The van der Waals surface area contributed by atoms with Crippen LogP contribution in [0.5, 0.6) is 5.75 Å². The molecule has 0 amide bonds. The Hall–Kier alpha value is -2.62. The van der Waals surface area contributed by atoms with Gasteiger partial charge in [-0.1, -0.05) is 25.7 Å². The van der Waals surface area contributed by atoms with E-state index >= 15 is 0 Å². The van der Waals surface area contributed by atoms with Gasteiger partial charge in [-0.3, -0.25) is 0 Å². The van der Waals surface area contributed by atoms with Crippen LogP contribution in [0.25, 0.3) is 0 Å². The molecule has 1 unspecified atom stereocenters. The van der Waals surface area contributed by atoms with Crippen molar-refractivity contribution in [3.63, 3.8) is 0 Å². The number of rotatable bonds is 8. The molecule has 0 spiro atoms. The van der Waals surface area contributed by atoms with Gasteiger partial charge in [0.2, 0.25) is 23.6 Å². The predicted molar refractivity (Wildman–Crippen MR) is 134 cm³/mol. The van der Waals surface area contributed by atoms with Gasteiger partial charge in [-0.15, -0.1) is 4.89 Å². The lowest BCUT2D eigenvalue weighted by atomic mass is 10.0. The molecule has 0 bridgehead atoms. The van der Waals surface area contributed by atoms with E-state index < -0.39 is 14.1 Å². The lowest BCUT2D eigenvalue weighted by Crippen LogP contribution is -2.42. The Kier molecular flexibility index (Phi) is 8.64. The summed E-state index contributed by atoms with van der Waals surface area (Å²) in [5, 5.41) is 6.56. The Morgan fingerprint density at radius 3 is 2.43 bits per heavy atom. The first kappa shape index (κ1) is 25.5. The van der Waals surface area contributed by atoms with Crippen molar-refractivity contribution in [2.45, 2.75) is 63.5 Å². The number of aromatic nitrogens is 3. The van der Waals surface area contributed by atoms with Crippen molar-refractivity contribution in [1.29, 1.82) is 0 Å². The summed E-state index contributed by atoms with van der Waals surface area (Å²) >= 11 is 0. The maximum Gasteiger partial charge on any atom is 0.747 e. The molecule has 12 heteroatoms. The van der Waals surface area contributed by atoms with Gasteiger partial charge in [-0.05, 0) is 58.0 Å². The highest BCUT2D eigenvalue weighted by molar-refractivity contribution is 7.32. The van der Waals surface area contributed by atoms with Crippen molar-refractivity contribution in [2.24, 2.45) is 0 Å². The zero-order valence-electron chi connectivity index (χ0n) is 20.3. The highest BCUT2D eigenvalue weighted by Crippen LogP contribution is 2.29. The fourth-order valence-corrected chi connectivity index (χ4v) is 4.98. The molecule has 2 aromatic rings. The minimum Gasteiger partial charge on any atom is -0.351 e. The van der Waals surface area contributed by atoms with E-state index in [1.165, 1.54) is 37.8 Å². The number of likely N-dealkylation sites (tertiary alicyclic amines) is 1. The van der Waals surface area contributed by atoms with Crippen LogP contribution in [-0.4, -0.2) is 64.0 Å². The molecular weight excluding hydrogens is 472 g/mol. The predicted octanol–water partition coefficient (Wildman–Crippen LogP) is 4.45. The van der Waals surface area contributed by atoms with Crippen LogP contribution in [0.4, 0.5) is 27.9 Å². The molecule has 1 saturated heterocycles. The van der Waals surface area contributed by atoms with Gasteiger partial charge in [-0.2, -0.15) is 15.0 Å². The third-order valence-corrected chi connectivity index (χ3v) is 7.08. The lowest BCUT2D eigenvalue weighted by Gasteiger charge is -2.35. The van der Waals surface area contributed by atoms with Gasteiger partial charge in [0.25, 0.3) is 0 Å². The van der Waals surface area contributed by atoms with Crippen molar-refractivity contribution < 1.29 is 18.4 Å². The second kappa shape index (κ2) is 11.9. The molecule has 1 aliphatic carbocycles. The van der Waals surface area contributed by atoms with Crippen LogP contribution in [-0.2, 0) is 4.57 Å². The third kappa shape index (κ3) is 7.19. The Balaban J connectivity index is 1.57. The summed E-state index contributed by atoms with van der Waals surface area (Å²) in [4.78, 5) is 27.3. The topological polar surface area (TPSA) is 116 Å². The smallest absolute Gasteiger partial charge is 0.351 e. The van der Waals surface area contributed by atoms with Crippen LogP contribution in [0.1, 0.15) is 51.4 Å². The van der Waals surface area contributed by atoms with Crippen molar-refractivity contribution in [1.82, 2.24) is 19.9 Å². The number of nitrogens with one attached hydrogen (secondary N) is 2. The molecule has 2 fully saturated rings. The van der Waals surface area contributed by atoms with Crippen molar-refractivity contribution in [3.05, 3.63) is 24.0 Å². The van der Waals surface area contributed by atoms with E-state index in [4.69, 9.17) is 9.88 Å². The van der Waals surface area contributed by atoms with Crippen LogP contribution in [0.2, 0.25) is 0 Å². The van der Waals surface area contributed by atoms with Gasteiger partial charge in [0, 0.05) is 35.5 Å². The molecular formula is C23H34FN7O3P+. The van der Waals surface area contributed by atoms with Crippen LogP contribution < -0.4 is 20.1 Å². The molecule has 2 aliphatic rings. The maximum absolute atomic E-state index is 14.3. The van der Waals surface area contributed by atoms with E-state index in [1.54, 1.807) is 6.07 Å². The number of nitrogens with zero attached hydrogens (tertiary/aromatic N) is 5. The van der Waals surface area contributed by atoms with Gasteiger partial charge in [0.15, 0.2) is 5.82 Å². The fourth-order valence-electron chi connectivity index (χ4n) is 4.66. The monoisotopic (exact) mass is 506 g/mol. The molecule has 0 radical (unpaired) electrons. The number of anilines is 4. The van der Waals surface area contributed by atoms with Crippen molar-refractivity contribution in [2.75, 3.05) is 42.7 Å². The van der Waals surface area contributed by atoms with E-state index in [9.17, 15) is 8.96 Å². The number of benzene rings is 1. The molecule has 10 nitrogen and oxygen atoms in total. The second-order valence-corrected chi connectivity index (χ2v) is 10.0.